The first-order chi connectivity index (χ1) is 14.3. The first kappa shape index (κ1) is 22.3. The summed E-state index contributed by atoms with van der Waals surface area (Å²) < 4.78 is 2.84. The molecule has 1 heterocycles. The van der Waals surface area contributed by atoms with Gasteiger partial charge in [-0.25, -0.2) is 9.36 Å². The molecule has 2 aromatic rings. The van der Waals surface area contributed by atoms with Crippen LogP contribution in [0.4, 0.5) is 0 Å². The van der Waals surface area contributed by atoms with Crippen LogP contribution in [0.5, 0.6) is 0 Å². The number of carbonyl (C=O) groups excluding carboxylic acids is 2. The van der Waals surface area contributed by atoms with E-state index in [-0.39, 0.29) is 35.9 Å². The number of nitrogens with one attached hydrogen (secondary N) is 1. The van der Waals surface area contributed by atoms with Crippen LogP contribution in [-0.4, -0.2) is 34.0 Å². The van der Waals surface area contributed by atoms with Gasteiger partial charge in [-0.05, 0) is 55.7 Å². The SMILES string of the molecule is CCNC(=O)c1ccc2c(c1)n(CCN)c(=O)n2C(=O)[C@@H]1C[C@H](C)CC[C@H]1C(C)C. The first-order valence-corrected chi connectivity index (χ1v) is 11.1. The summed E-state index contributed by atoms with van der Waals surface area (Å²) in [5.74, 6) is 0.604. The van der Waals surface area contributed by atoms with Crippen molar-refractivity contribution < 1.29 is 9.59 Å². The van der Waals surface area contributed by atoms with Crippen LogP contribution >= 0.6 is 0 Å². The van der Waals surface area contributed by atoms with Gasteiger partial charge >= 0.3 is 5.69 Å². The number of amides is 1. The zero-order valence-electron chi connectivity index (χ0n) is 18.5. The number of fused-ring (bicyclic) bond motifs is 1. The van der Waals surface area contributed by atoms with Crippen LogP contribution in [0, 0.1) is 23.7 Å². The van der Waals surface area contributed by atoms with Crippen LogP contribution in [-0.2, 0) is 6.54 Å². The van der Waals surface area contributed by atoms with Crippen molar-refractivity contribution >= 4 is 22.8 Å². The van der Waals surface area contributed by atoms with Crippen LogP contribution in [0.2, 0.25) is 0 Å². The Morgan fingerprint density at radius 1 is 1.23 bits per heavy atom. The molecule has 1 saturated carbocycles. The molecule has 0 unspecified atom stereocenters. The normalized spacial score (nSPS) is 21.9. The maximum atomic E-state index is 13.7. The van der Waals surface area contributed by atoms with E-state index in [1.165, 1.54) is 9.13 Å². The van der Waals surface area contributed by atoms with Crippen molar-refractivity contribution in [2.75, 3.05) is 13.1 Å². The van der Waals surface area contributed by atoms with Crippen LogP contribution in [0.1, 0.15) is 62.1 Å². The Morgan fingerprint density at radius 2 is 1.97 bits per heavy atom. The maximum Gasteiger partial charge on any atom is 0.336 e. The fraction of sp³-hybridized carbons (Fsp3) is 0.609. The summed E-state index contributed by atoms with van der Waals surface area (Å²) in [6.45, 7) is 9.42. The minimum Gasteiger partial charge on any atom is -0.352 e. The molecule has 3 rings (SSSR count). The molecule has 1 aromatic heterocycles. The molecule has 0 radical (unpaired) electrons. The predicted molar refractivity (Wildman–Crippen MR) is 119 cm³/mol. The lowest BCUT2D eigenvalue weighted by Crippen LogP contribution is -2.40. The Labute approximate surface area is 177 Å². The van der Waals surface area contributed by atoms with Gasteiger partial charge in [0.15, 0.2) is 0 Å². The van der Waals surface area contributed by atoms with Crippen molar-refractivity contribution in [2.45, 2.75) is 53.5 Å². The van der Waals surface area contributed by atoms with Gasteiger partial charge in [-0.2, -0.15) is 0 Å². The average molecular weight is 415 g/mol. The highest BCUT2D eigenvalue weighted by Gasteiger charge is 2.37. The smallest absolute Gasteiger partial charge is 0.336 e. The summed E-state index contributed by atoms with van der Waals surface area (Å²) in [4.78, 5) is 39.2. The van der Waals surface area contributed by atoms with Gasteiger partial charge in [-0.3, -0.25) is 14.2 Å². The lowest BCUT2D eigenvalue weighted by Gasteiger charge is -2.36. The molecule has 1 aliphatic carbocycles. The third kappa shape index (κ3) is 4.08. The van der Waals surface area contributed by atoms with E-state index in [2.05, 4.69) is 26.1 Å². The summed E-state index contributed by atoms with van der Waals surface area (Å²) in [5.41, 5.74) is 6.96. The summed E-state index contributed by atoms with van der Waals surface area (Å²) in [6.07, 6.45) is 2.92. The van der Waals surface area contributed by atoms with Crippen LogP contribution in [0.3, 0.4) is 0 Å². The van der Waals surface area contributed by atoms with Gasteiger partial charge in [-0.15, -0.1) is 0 Å². The second-order valence-electron chi connectivity index (χ2n) is 8.89. The van der Waals surface area contributed by atoms with Crippen molar-refractivity contribution in [3.63, 3.8) is 0 Å². The lowest BCUT2D eigenvalue weighted by molar-refractivity contribution is 0.0633. The number of hydrogen-bond acceptors (Lipinski definition) is 4. The van der Waals surface area contributed by atoms with E-state index in [0.717, 1.165) is 19.3 Å². The molecule has 0 saturated heterocycles. The molecule has 0 spiro atoms. The van der Waals surface area contributed by atoms with E-state index in [1.54, 1.807) is 18.2 Å². The molecule has 164 valence electrons. The van der Waals surface area contributed by atoms with Gasteiger partial charge < -0.3 is 11.1 Å². The quantitative estimate of drug-likeness (QED) is 0.759. The van der Waals surface area contributed by atoms with Crippen LogP contribution in [0.15, 0.2) is 23.0 Å². The standard InChI is InChI=1S/C23H34N4O3/c1-5-25-21(28)16-7-9-19-20(13-16)26(11-10-24)23(30)27(19)22(29)18-12-15(4)6-8-17(18)14(2)3/h7,9,13-15,17-18H,5-6,8,10-12,24H2,1-4H3,(H,25,28)/t15-,17+,18-/m1/s1. The molecule has 3 atom stereocenters. The summed E-state index contributed by atoms with van der Waals surface area (Å²) in [7, 11) is 0. The molecule has 1 amide bonds. The van der Waals surface area contributed by atoms with Gasteiger partial charge in [0, 0.05) is 31.1 Å². The summed E-state index contributed by atoms with van der Waals surface area (Å²) in [5, 5.41) is 2.77. The number of rotatable bonds is 6. The third-order valence-corrected chi connectivity index (χ3v) is 6.44. The highest BCUT2D eigenvalue weighted by molar-refractivity contribution is 5.99. The number of aromatic nitrogens is 2. The van der Waals surface area contributed by atoms with E-state index in [1.807, 2.05) is 6.92 Å². The molecule has 30 heavy (non-hydrogen) atoms. The van der Waals surface area contributed by atoms with Crippen molar-refractivity contribution in [3.05, 3.63) is 34.2 Å². The zero-order valence-corrected chi connectivity index (χ0v) is 18.5. The Kier molecular flexibility index (Phi) is 6.81. The Bertz CT molecular complexity index is 988. The summed E-state index contributed by atoms with van der Waals surface area (Å²) >= 11 is 0. The Hall–Kier alpha value is -2.41. The Morgan fingerprint density at radius 3 is 2.60 bits per heavy atom. The topological polar surface area (TPSA) is 99.1 Å². The maximum absolute atomic E-state index is 13.7. The fourth-order valence-corrected chi connectivity index (χ4v) is 4.87. The van der Waals surface area contributed by atoms with E-state index in [9.17, 15) is 14.4 Å². The molecule has 3 N–H and O–H groups in total. The summed E-state index contributed by atoms with van der Waals surface area (Å²) in [6, 6.07) is 5.07. The van der Waals surface area contributed by atoms with Gasteiger partial charge in [0.05, 0.1) is 11.0 Å². The number of nitrogens with zero attached hydrogens (tertiary/aromatic N) is 2. The second kappa shape index (κ2) is 9.16. The van der Waals surface area contributed by atoms with Crippen molar-refractivity contribution in [1.29, 1.82) is 0 Å². The average Bonchev–Trinajstić information content (AvgIpc) is 2.98. The molecule has 7 heteroatoms. The number of carbonyl (C=O) groups is 2. The minimum atomic E-state index is -0.366. The predicted octanol–water partition coefficient (Wildman–Crippen LogP) is 2.86. The molecule has 1 aromatic carbocycles. The number of nitrogens with two attached hydrogens (primary N) is 1. The largest absolute Gasteiger partial charge is 0.352 e. The fourth-order valence-electron chi connectivity index (χ4n) is 4.87. The van der Waals surface area contributed by atoms with Gasteiger partial charge in [-0.1, -0.05) is 27.2 Å². The van der Waals surface area contributed by atoms with Gasteiger partial charge in [0.25, 0.3) is 5.91 Å². The lowest BCUT2D eigenvalue weighted by atomic mass is 9.69. The zero-order chi connectivity index (χ0) is 22.0. The van der Waals surface area contributed by atoms with E-state index < -0.39 is 0 Å². The van der Waals surface area contributed by atoms with Crippen molar-refractivity contribution in [3.8, 4) is 0 Å². The van der Waals surface area contributed by atoms with E-state index >= 15 is 0 Å². The number of hydrogen-bond donors (Lipinski definition) is 2. The van der Waals surface area contributed by atoms with Gasteiger partial charge in [0.2, 0.25) is 5.91 Å². The molecular weight excluding hydrogens is 380 g/mol. The third-order valence-electron chi connectivity index (χ3n) is 6.44. The van der Waals surface area contributed by atoms with Crippen LogP contribution < -0.4 is 16.7 Å². The van der Waals surface area contributed by atoms with E-state index in [4.69, 9.17) is 5.73 Å². The molecular formula is C23H34N4O3. The number of benzene rings is 1. The van der Waals surface area contributed by atoms with Gasteiger partial charge in [0.1, 0.15) is 0 Å². The second-order valence-corrected chi connectivity index (χ2v) is 8.89. The molecule has 0 bridgehead atoms. The minimum absolute atomic E-state index is 0.128. The van der Waals surface area contributed by atoms with Crippen molar-refractivity contribution in [2.24, 2.45) is 29.4 Å². The molecule has 1 fully saturated rings. The van der Waals surface area contributed by atoms with Crippen molar-refractivity contribution in [1.82, 2.24) is 14.5 Å². The highest BCUT2D eigenvalue weighted by Crippen LogP contribution is 2.39. The molecule has 1 aliphatic rings. The molecule has 7 nitrogen and oxygen atoms in total. The Balaban J connectivity index is 2.13. The number of imidazole rings is 1. The monoisotopic (exact) mass is 414 g/mol. The van der Waals surface area contributed by atoms with Crippen LogP contribution in [0.25, 0.3) is 11.0 Å². The molecule has 0 aliphatic heterocycles. The highest BCUT2D eigenvalue weighted by atomic mass is 16.2. The first-order valence-electron chi connectivity index (χ1n) is 11.1. The van der Waals surface area contributed by atoms with E-state index in [0.29, 0.717) is 41.5 Å².